The summed E-state index contributed by atoms with van der Waals surface area (Å²) in [6.07, 6.45) is 6.67. The van der Waals surface area contributed by atoms with Crippen LogP contribution in [0.2, 0.25) is 0 Å². The van der Waals surface area contributed by atoms with E-state index in [4.69, 9.17) is 0 Å². The van der Waals surface area contributed by atoms with E-state index in [0.717, 1.165) is 50.6 Å². The van der Waals surface area contributed by atoms with E-state index in [1.54, 1.807) is 0 Å². The van der Waals surface area contributed by atoms with E-state index < -0.39 is 0 Å². The molecule has 1 heterocycles. The molecule has 0 unspecified atom stereocenters. The van der Waals surface area contributed by atoms with Crippen LogP contribution in [0, 0.1) is 0 Å². The number of nitrogens with one attached hydrogen (secondary N) is 1. The molecule has 10 rings (SSSR count). The van der Waals surface area contributed by atoms with Gasteiger partial charge in [0.15, 0.2) is 0 Å². The third-order valence-corrected chi connectivity index (χ3v) is 12.0. The van der Waals surface area contributed by atoms with Crippen molar-refractivity contribution in [3.63, 3.8) is 0 Å². The fraction of sp³-hybridized carbons (Fsp3) is 0.0526. The molecule has 0 radical (unpaired) electrons. The molecule has 0 amide bonds. The number of nitrogens with zero attached hydrogens (tertiary/aromatic N) is 1. The van der Waals surface area contributed by atoms with Crippen LogP contribution in [-0.4, -0.2) is 0 Å². The zero-order valence-electron chi connectivity index (χ0n) is 33.4. The minimum Gasteiger partial charge on any atom is -0.355 e. The number of rotatable bonds is 7. The van der Waals surface area contributed by atoms with Crippen LogP contribution in [-0.2, 0) is 5.41 Å². The number of benzene rings is 8. The lowest BCUT2D eigenvalue weighted by atomic mass is 9.78. The second kappa shape index (κ2) is 14.8. The summed E-state index contributed by atoms with van der Waals surface area (Å²) in [4.78, 5) is 2.28. The minimum atomic E-state index is -0.179. The summed E-state index contributed by atoms with van der Waals surface area (Å²) in [5.74, 6) is 0. The normalized spacial score (nSPS) is 15.2. The van der Waals surface area contributed by atoms with Gasteiger partial charge in [-0.3, -0.25) is 0 Å². The maximum absolute atomic E-state index is 4.64. The average molecular weight is 757 g/mol. The molecule has 282 valence electrons. The molecule has 2 nitrogen and oxygen atoms in total. The van der Waals surface area contributed by atoms with Crippen LogP contribution in [0.1, 0.15) is 36.1 Å². The molecule has 0 bridgehead atoms. The lowest BCUT2D eigenvalue weighted by Gasteiger charge is -2.27. The summed E-state index contributed by atoms with van der Waals surface area (Å²) < 4.78 is 0. The van der Waals surface area contributed by atoms with Crippen LogP contribution in [0.15, 0.2) is 219 Å². The van der Waals surface area contributed by atoms with Gasteiger partial charge in [0, 0.05) is 39.8 Å². The number of anilines is 4. The predicted molar refractivity (Wildman–Crippen MR) is 251 cm³/mol. The van der Waals surface area contributed by atoms with Gasteiger partial charge in [0.2, 0.25) is 0 Å². The fourth-order valence-electron chi connectivity index (χ4n) is 9.01. The highest BCUT2D eigenvalue weighted by Gasteiger charge is 2.37. The monoisotopic (exact) mass is 756 g/mol. The molecule has 0 aromatic heterocycles. The van der Waals surface area contributed by atoms with Gasteiger partial charge in [0.1, 0.15) is 0 Å². The zero-order valence-corrected chi connectivity index (χ0v) is 33.4. The van der Waals surface area contributed by atoms with Crippen LogP contribution < -0.4 is 10.2 Å². The molecule has 1 aliphatic heterocycles. The van der Waals surface area contributed by atoms with E-state index in [1.165, 1.54) is 50.1 Å². The Morgan fingerprint density at radius 1 is 0.475 bits per heavy atom. The molecule has 8 aromatic carbocycles. The van der Waals surface area contributed by atoms with E-state index in [9.17, 15) is 0 Å². The van der Waals surface area contributed by atoms with Gasteiger partial charge in [-0.25, -0.2) is 0 Å². The van der Waals surface area contributed by atoms with Crippen molar-refractivity contribution < 1.29 is 0 Å². The molecular weight excluding hydrogens is 713 g/mol. The summed E-state index contributed by atoms with van der Waals surface area (Å²) in [5.41, 5.74) is 20.9. The van der Waals surface area contributed by atoms with Crippen LogP contribution >= 0.6 is 0 Å². The summed E-state index contributed by atoms with van der Waals surface area (Å²) in [6.45, 7) is 9.37. The molecule has 0 saturated carbocycles. The SMILES string of the molecule is C=C1/C=C(c2ccc(Nc3ccc(-c4ccccc4)cc3)c(-c3cccc4c3C(C)(C)c3ccccc3-4)c2)\C=C/N(c2ccc(-c3ccccc3)cc2)c2ccccc21. The second-order valence-electron chi connectivity index (χ2n) is 16.0. The lowest BCUT2D eigenvalue weighted by molar-refractivity contribution is 0.662. The third-order valence-electron chi connectivity index (χ3n) is 12.0. The number of hydrogen-bond donors (Lipinski definition) is 1. The van der Waals surface area contributed by atoms with E-state index in [0.29, 0.717) is 0 Å². The maximum Gasteiger partial charge on any atom is 0.0533 e. The smallest absolute Gasteiger partial charge is 0.0533 e. The topological polar surface area (TPSA) is 15.3 Å². The van der Waals surface area contributed by atoms with Gasteiger partial charge in [-0.1, -0.05) is 172 Å². The first kappa shape index (κ1) is 36.0. The van der Waals surface area contributed by atoms with Crippen LogP contribution in [0.4, 0.5) is 22.7 Å². The molecule has 0 fully saturated rings. The summed E-state index contributed by atoms with van der Waals surface area (Å²) in [7, 11) is 0. The van der Waals surface area contributed by atoms with E-state index in [1.807, 2.05) is 0 Å². The van der Waals surface area contributed by atoms with E-state index in [2.05, 4.69) is 243 Å². The molecule has 8 aromatic rings. The molecule has 2 aliphatic rings. The Labute approximate surface area is 347 Å². The number of para-hydroxylation sites is 1. The van der Waals surface area contributed by atoms with Crippen LogP contribution in [0.3, 0.4) is 0 Å². The summed E-state index contributed by atoms with van der Waals surface area (Å²) in [6, 6.07) is 69.7. The molecule has 0 atom stereocenters. The molecule has 1 aliphatic carbocycles. The van der Waals surface area contributed by atoms with Gasteiger partial charge < -0.3 is 10.2 Å². The Morgan fingerprint density at radius 3 is 1.71 bits per heavy atom. The van der Waals surface area contributed by atoms with Gasteiger partial charge >= 0.3 is 0 Å². The van der Waals surface area contributed by atoms with Crippen molar-refractivity contribution in [1.82, 2.24) is 0 Å². The van der Waals surface area contributed by atoms with Crippen molar-refractivity contribution >= 4 is 33.9 Å². The lowest BCUT2D eigenvalue weighted by Crippen LogP contribution is -2.16. The fourth-order valence-corrected chi connectivity index (χ4v) is 9.01. The molecule has 2 heteroatoms. The highest BCUT2D eigenvalue weighted by atomic mass is 15.1. The van der Waals surface area contributed by atoms with Gasteiger partial charge in [-0.2, -0.15) is 0 Å². The first-order valence-corrected chi connectivity index (χ1v) is 20.4. The van der Waals surface area contributed by atoms with Crippen molar-refractivity contribution in [2.24, 2.45) is 0 Å². The second-order valence-corrected chi connectivity index (χ2v) is 16.0. The Hall–Kier alpha value is -7.42. The van der Waals surface area contributed by atoms with Crippen molar-refractivity contribution in [1.29, 1.82) is 0 Å². The maximum atomic E-state index is 4.64. The number of hydrogen-bond acceptors (Lipinski definition) is 2. The van der Waals surface area contributed by atoms with Crippen LogP contribution in [0.5, 0.6) is 0 Å². The van der Waals surface area contributed by atoms with Crippen molar-refractivity contribution in [3.8, 4) is 44.5 Å². The Kier molecular flexibility index (Phi) is 9.03. The number of allylic oxidation sites excluding steroid dienone is 4. The Bertz CT molecular complexity index is 2910. The Balaban J connectivity index is 1.09. The predicted octanol–water partition coefficient (Wildman–Crippen LogP) is 15.5. The van der Waals surface area contributed by atoms with Crippen LogP contribution in [0.25, 0.3) is 55.7 Å². The first-order valence-electron chi connectivity index (χ1n) is 20.4. The molecule has 0 saturated heterocycles. The summed E-state index contributed by atoms with van der Waals surface area (Å²) in [5, 5.41) is 3.85. The first-order chi connectivity index (χ1) is 28.9. The minimum absolute atomic E-state index is 0.179. The van der Waals surface area contributed by atoms with Crippen molar-refractivity contribution in [3.05, 3.63) is 241 Å². The number of fused-ring (bicyclic) bond motifs is 4. The van der Waals surface area contributed by atoms with E-state index >= 15 is 0 Å². The third kappa shape index (κ3) is 6.59. The molecule has 1 N–H and O–H groups in total. The zero-order chi connectivity index (χ0) is 39.9. The van der Waals surface area contributed by atoms with Gasteiger partial charge in [0.25, 0.3) is 0 Å². The van der Waals surface area contributed by atoms with E-state index in [-0.39, 0.29) is 5.41 Å². The Morgan fingerprint density at radius 2 is 1.02 bits per heavy atom. The van der Waals surface area contributed by atoms with Crippen molar-refractivity contribution in [2.75, 3.05) is 10.2 Å². The highest BCUT2D eigenvalue weighted by molar-refractivity contribution is 5.97. The van der Waals surface area contributed by atoms with Gasteiger partial charge in [0.05, 0.1) is 5.69 Å². The van der Waals surface area contributed by atoms with Gasteiger partial charge in [-0.05, 0) is 121 Å². The summed E-state index contributed by atoms with van der Waals surface area (Å²) >= 11 is 0. The molecule has 0 spiro atoms. The highest BCUT2D eigenvalue weighted by Crippen LogP contribution is 2.53. The van der Waals surface area contributed by atoms with Gasteiger partial charge in [-0.15, -0.1) is 0 Å². The molecule has 59 heavy (non-hydrogen) atoms. The van der Waals surface area contributed by atoms with Crippen molar-refractivity contribution in [2.45, 2.75) is 19.3 Å². The standard InChI is InChI=1S/C57H44N2/c1-39-37-45(35-36-59(55-24-13-11-19-48(39)55)47-32-27-43(28-33-47)41-17-8-5-9-18-41)44-29-34-54(58-46-30-25-42(26-31-46)40-15-6-4-7-16-40)52(38-44)51-22-14-21-50-49-20-10-12-23-53(49)57(2,3)56(50)51/h4-38,58H,1H2,2-3H3/b36-35-,45-37+. The average Bonchev–Trinajstić information content (AvgIpc) is 3.53. The molecular formula is C57H44N2. The quantitative estimate of drug-likeness (QED) is 0.174. The largest absolute Gasteiger partial charge is 0.355 e.